The number of rotatable bonds is 7. The second-order valence-electron chi connectivity index (χ2n) is 10.7. The molecule has 1 aliphatic carbocycles. The Kier molecular flexibility index (Phi) is 8.89. The highest BCUT2D eigenvalue weighted by Crippen LogP contribution is 2.51. The van der Waals surface area contributed by atoms with Gasteiger partial charge in [0.05, 0.1) is 6.10 Å². The maximum absolute atomic E-state index is 11.5. The molecule has 7 nitrogen and oxygen atoms in total. The van der Waals surface area contributed by atoms with E-state index in [1.165, 1.54) is 18.1 Å². The minimum atomic E-state index is -1.42. The molecule has 0 amide bonds. The number of allylic oxidation sites excluding steroid dienone is 2. The summed E-state index contributed by atoms with van der Waals surface area (Å²) in [5.74, 6) is 0.700. The van der Waals surface area contributed by atoms with Crippen molar-refractivity contribution in [2.75, 3.05) is 0 Å². The molecule has 1 heterocycles. The van der Waals surface area contributed by atoms with E-state index in [2.05, 4.69) is 39.8 Å². The van der Waals surface area contributed by atoms with Crippen LogP contribution in [0.5, 0.6) is 11.5 Å². The fourth-order valence-electron chi connectivity index (χ4n) is 5.49. The van der Waals surface area contributed by atoms with Crippen molar-refractivity contribution in [2.24, 2.45) is 5.92 Å². The number of hydrogen-bond donors (Lipinski definition) is 3. The first-order valence-electron chi connectivity index (χ1n) is 12.8. The van der Waals surface area contributed by atoms with Crippen LogP contribution in [0, 0.1) is 12.8 Å². The lowest BCUT2D eigenvalue weighted by atomic mass is 9.70. The van der Waals surface area contributed by atoms with E-state index in [1.54, 1.807) is 6.92 Å². The molecule has 0 aromatic heterocycles. The van der Waals surface area contributed by atoms with Gasteiger partial charge >= 0.3 is 5.97 Å². The molecule has 0 spiro atoms. The Morgan fingerprint density at radius 3 is 2.51 bits per heavy atom. The average molecular weight is 491 g/mol. The van der Waals surface area contributed by atoms with Crippen molar-refractivity contribution in [1.82, 2.24) is 0 Å². The zero-order valence-electron chi connectivity index (χ0n) is 22.1. The Hall–Kier alpha value is -2.09. The molecule has 0 radical (unpaired) electrons. The van der Waals surface area contributed by atoms with Gasteiger partial charge < -0.3 is 29.5 Å². The number of carbonyl (C=O) groups is 1. The fourth-order valence-corrected chi connectivity index (χ4v) is 5.49. The number of aliphatic hydroxyl groups is 2. The van der Waals surface area contributed by atoms with Crippen LogP contribution in [-0.4, -0.2) is 52.0 Å². The molecule has 1 aliphatic heterocycles. The number of fused-ring (bicyclic) bond motifs is 1. The van der Waals surface area contributed by atoms with Crippen molar-refractivity contribution in [3.63, 3.8) is 0 Å². The van der Waals surface area contributed by atoms with E-state index < -0.39 is 36.7 Å². The largest absolute Gasteiger partial charge is 0.504 e. The summed E-state index contributed by atoms with van der Waals surface area (Å²) in [5, 5.41) is 32.5. The second kappa shape index (κ2) is 11.3. The SMILES string of the molecule is CC(=O)O[C@H]1[C@H](O)[C@H](Oc2c(C)cc3c(c2O)[C@@H](C)CC[C@@H]3[C@@H](C)CCC=C(C)C)O[C@@H](C)[C@H]1O. The molecular formula is C28H42O7. The molecule has 35 heavy (non-hydrogen) atoms. The minimum Gasteiger partial charge on any atom is -0.504 e. The molecule has 1 fully saturated rings. The normalized spacial score (nSPS) is 31.3. The van der Waals surface area contributed by atoms with Gasteiger partial charge in [-0.05, 0) is 82.3 Å². The standard InChI is InChI=1S/C28H42O7/c1-14(2)9-8-10-15(3)20-12-11-16(4)22-21(20)13-17(5)26(24(22)31)35-28-25(32)27(34-19(7)29)23(30)18(6)33-28/h9,13,15-16,18,20,23,25,27-28,30-32H,8,10-12H2,1-7H3/t15-,16-,18-,20+,23+,25-,27+,28-/m0/s1. The summed E-state index contributed by atoms with van der Waals surface area (Å²) < 4.78 is 16.9. The van der Waals surface area contributed by atoms with E-state index in [9.17, 15) is 20.1 Å². The third kappa shape index (κ3) is 6.01. The summed E-state index contributed by atoms with van der Waals surface area (Å²) >= 11 is 0. The van der Waals surface area contributed by atoms with Crippen LogP contribution in [0.15, 0.2) is 17.7 Å². The van der Waals surface area contributed by atoms with Crippen LogP contribution in [0.25, 0.3) is 0 Å². The fraction of sp³-hybridized carbons (Fsp3) is 0.679. The summed E-state index contributed by atoms with van der Waals surface area (Å²) in [6.45, 7) is 13.3. The first-order valence-corrected chi connectivity index (χ1v) is 12.8. The Morgan fingerprint density at radius 1 is 1.20 bits per heavy atom. The predicted octanol–water partition coefficient (Wildman–Crippen LogP) is 4.84. The van der Waals surface area contributed by atoms with Gasteiger partial charge in [-0.25, -0.2) is 0 Å². The molecule has 196 valence electrons. The zero-order valence-corrected chi connectivity index (χ0v) is 22.1. The van der Waals surface area contributed by atoms with E-state index >= 15 is 0 Å². The number of aliphatic hydroxyl groups excluding tert-OH is 2. The lowest BCUT2D eigenvalue weighted by Crippen LogP contribution is -2.59. The van der Waals surface area contributed by atoms with Crippen molar-refractivity contribution in [2.45, 2.75) is 117 Å². The molecule has 0 bridgehead atoms. The van der Waals surface area contributed by atoms with Gasteiger partial charge in [-0.3, -0.25) is 4.79 Å². The zero-order chi connectivity index (χ0) is 26.0. The topological polar surface area (TPSA) is 105 Å². The molecule has 1 aromatic rings. The average Bonchev–Trinajstić information content (AvgIpc) is 2.76. The predicted molar refractivity (Wildman–Crippen MR) is 134 cm³/mol. The molecular weight excluding hydrogens is 448 g/mol. The van der Waals surface area contributed by atoms with Crippen molar-refractivity contribution >= 4 is 5.97 Å². The molecule has 3 rings (SSSR count). The van der Waals surface area contributed by atoms with E-state index in [1.807, 2.05) is 6.92 Å². The summed E-state index contributed by atoms with van der Waals surface area (Å²) in [7, 11) is 0. The number of ether oxygens (including phenoxy) is 3. The lowest BCUT2D eigenvalue weighted by molar-refractivity contribution is -0.272. The van der Waals surface area contributed by atoms with Gasteiger partial charge in [0.25, 0.3) is 0 Å². The van der Waals surface area contributed by atoms with Crippen LogP contribution in [0.2, 0.25) is 0 Å². The van der Waals surface area contributed by atoms with E-state index in [0.29, 0.717) is 11.8 Å². The molecule has 8 atom stereocenters. The Labute approximate surface area is 209 Å². The molecule has 3 N–H and O–H groups in total. The van der Waals surface area contributed by atoms with Crippen LogP contribution in [-0.2, 0) is 14.3 Å². The molecule has 1 saturated heterocycles. The molecule has 0 unspecified atom stereocenters. The van der Waals surface area contributed by atoms with Gasteiger partial charge in [-0.1, -0.05) is 31.6 Å². The summed E-state index contributed by atoms with van der Waals surface area (Å²) in [6, 6.07) is 2.10. The maximum atomic E-state index is 11.5. The number of aryl methyl sites for hydroxylation is 1. The van der Waals surface area contributed by atoms with E-state index in [-0.39, 0.29) is 17.4 Å². The molecule has 7 heteroatoms. The first-order chi connectivity index (χ1) is 16.4. The third-order valence-corrected chi connectivity index (χ3v) is 7.49. The van der Waals surface area contributed by atoms with Crippen molar-refractivity contribution in [3.05, 3.63) is 34.4 Å². The number of esters is 1. The summed E-state index contributed by atoms with van der Waals surface area (Å²) in [6.07, 6.45) is 0.707. The minimum absolute atomic E-state index is 0.0762. The number of phenols is 1. The van der Waals surface area contributed by atoms with E-state index in [4.69, 9.17) is 14.2 Å². The van der Waals surface area contributed by atoms with Gasteiger partial charge in [0.2, 0.25) is 6.29 Å². The summed E-state index contributed by atoms with van der Waals surface area (Å²) in [4.78, 5) is 11.5. The molecule has 1 aromatic carbocycles. The number of benzene rings is 1. The highest BCUT2D eigenvalue weighted by atomic mass is 16.7. The van der Waals surface area contributed by atoms with Crippen molar-refractivity contribution in [1.29, 1.82) is 0 Å². The number of aromatic hydroxyl groups is 1. The molecule has 2 aliphatic rings. The van der Waals surface area contributed by atoms with Crippen LogP contribution in [0.4, 0.5) is 0 Å². The monoisotopic (exact) mass is 490 g/mol. The van der Waals surface area contributed by atoms with Crippen molar-refractivity contribution < 1.29 is 34.3 Å². The Morgan fingerprint density at radius 2 is 1.89 bits per heavy atom. The maximum Gasteiger partial charge on any atom is 0.303 e. The van der Waals surface area contributed by atoms with Crippen LogP contribution in [0.3, 0.4) is 0 Å². The van der Waals surface area contributed by atoms with Gasteiger partial charge in [-0.15, -0.1) is 0 Å². The van der Waals surface area contributed by atoms with E-state index in [0.717, 1.165) is 36.8 Å². The Bertz CT molecular complexity index is 936. The number of hydrogen-bond acceptors (Lipinski definition) is 7. The first kappa shape index (κ1) is 27.5. The van der Waals surface area contributed by atoms with Crippen LogP contribution < -0.4 is 4.74 Å². The van der Waals surface area contributed by atoms with Gasteiger partial charge in [0.1, 0.15) is 6.10 Å². The van der Waals surface area contributed by atoms with Crippen LogP contribution >= 0.6 is 0 Å². The smallest absolute Gasteiger partial charge is 0.303 e. The third-order valence-electron chi connectivity index (χ3n) is 7.49. The molecule has 0 saturated carbocycles. The second-order valence-corrected chi connectivity index (χ2v) is 10.7. The van der Waals surface area contributed by atoms with Gasteiger partial charge in [-0.2, -0.15) is 0 Å². The summed E-state index contributed by atoms with van der Waals surface area (Å²) in [5.41, 5.74) is 4.14. The van der Waals surface area contributed by atoms with Gasteiger partial charge in [0, 0.05) is 12.5 Å². The van der Waals surface area contributed by atoms with Crippen molar-refractivity contribution in [3.8, 4) is 11.5 Å². The highest BCUT2D eigenvalue weighted by Gasteiger charge is 2.46. The number of carbonyl (C=O) groups excluding carboxylic acids is 1. The van der Waals surface area contributed by atoms with Gasteiger partial charge in [0.15, 0.2) is 23.7 Å². The quantitative estimate of drug-likeness (QED) is 0.371. The lowest BCUT2D eigenvalue weighted by Gasteiger charge is -2.41. The number of phenolic OH excluding ortho intramolecular Hbond substituents is 1. The Balaban J connectivity index is 1.89. The van der Waals surface area contributed by atoms with Crippen LogP contribution in [0.1, 0.15) is 95.8 Å². The highest BCUT2D eigenvalue weighted by molar-refractivity contribution is 5.66.